The number of rotatable bonds is 6. The van der Waals surface area contributed by atoms with Crippen molar-refractivity contribution in [1.29, 1.82) is 0 Å². The predicted octanol–water partition coefficient (Wildman–Crippen LogP) is -5.68. The van der Waals surface area contributed by atoms with E-state index in [1.807, 2.05) is 0 Å². The average Bonchev–Trinajstić information content (AvgIpc) is 2.58. The minimum Gasteiger partial charge on any atom is -0.747 e. The normalized spacial score (nSPS) is 20.0. The second-order valence-electron chi connectivity index (χ2n) is 5.94. The van der Waals surface area contributed by atoms with E-state index in [9.17, 15) is 46.2 Å². The summed E-state index contributed by atoms with van der Waals surface area (Å²) in [7, 11) is -12.2. The Bertz CT molecular complexity index is 1030. The average molecular weight is 478 g/mol. The molecular weight excluding hydrogens is 466 g/mol. The van der Waals surface area contributed by atoms with Crippen LogP contribution in [0.25, 0.3) is 6.08 Å². The second-order valence-corrected chi connectivity index (χ2v) is 9.48. The van der Waals surface area contributed by atoms with Gasteiger partial charge in [-0.05, 0) is 5.56 Å². The Labute approximate surface area is 215 Å². The summed E-state index contributed by atoms with van der Waals surface area (Å²) in [4.78, 5) is 19.4. The van der Waals surface area contributed by atoms with Gasteiger partial charge in [-0.2, -0.15) is 0 Å². The van der Waals surface area contributed by atoms with Crippen LogP contribution in [0.3, 0.4) is 0 Å². The van der Waals surface area contributed by atoms with Crippen LogP contribution in [0.5, 0.6) is 0 Å². The maximum atomic E-state index is 11.9. The largest absolute Gasteiger partial charge is 1.00 e. The fourth-order valence-electron chi connectivity index (χ4n) is 2.89. The molecule has 0 fully saturated rings. The molecule has 1 atom stereocenters. The van der Waals surface area contributed by atoms with Crippen LogP contribution in [0.15, 0.2) is 48.6 Å². The first kappa shape index (κ1) is 29.3. The molecule has 12 nitrogen and oxygen atoms in total. The minimum atomic E-state index is -6.10. The SMILES string of the molecule is O=[N+]([O-])C1([N+](=O)[O-])C=CC(C=Cc2ccccc2)C(S(=O)(=O)[O-])(S(=O)(=O)[O-])C1.[Na+].[Na+]. The van der Waals surface area contributed by atoms with Gasteiger partial charge >= 0.3 is 64.8 Å². The van der Waals surface area contributed by atoms with E-state index < -0.39 is 52.2 Å². The summed E-state index contributed by atoms with van der Waals surface area (Å²) < 4.78 is 67.3. The van der Waals surface area contributed by atoms with Gasteiger partial charge < -0.3 is 9.11 Å². The molecule has 0 amide bonds. The molecule has 1 aromatic carbocycles. The molecule has 0 heterocycles. The van der Waals surface area contributed by atoms with Crippen molar-refractivity contribution in [3.8, 4) is 0 Å². The first-order valence-electron chi connectivity index (χ1n) is 7.40. The zero-order valence-corrected chi connectivity index (χ0v) is 21.4. The van der Waals surface area contributed by atoms with Crippen molar-refractivity contribution in [1.82, 2.24) is 0 Å². The van der Waals surface area contributed by atoms with Crippen LogP contribution in [0.4, 0.5) is 0 Å². The maximum Gasteiger partial charge on any atom is 1.00 e. The third kappa shape index (κ3) is 5.20. The van der Waals surface area contributed by atoms with E-state index in [4.69, 9.17) is 0 Å². The van der Waals surface area contributed by atoms with Gasteiger partial charge in [0.25, 0.3) is 0 Å². The summed E-state index contributed by atoms with van der Waals surface area (Å²) in [6, 6.07) is 7.88. The van der Waals surface area contributed by atoms with Gasteiger partial charge in [-0.3, -0.25) is 20.2 Å². The molecule has 1 aliphatic rings. The van der Waals surface area contributed by atoms with Crippen LogP contribution >= 0.6 is 0 Å². The molecule has 1 unspecified atom stereocenters. The van der Waals surface area contributed by atoms with Crippen molar-refractivity contribution in [3.05, 3.63) is 74.4 Å². The summed E-state index contributed by atoms with van der Waals surface area (Å²) in [5.74, 6) is -1.98. The first-order chi connectivity index (χ1) is 12.8. The van der Waals surface area contributed by atoms with Gasteiger partial charge in [0.2, 0.25) is 0 Å². The molecule has 0 spiro atoms. The second kappa shape index (κ2) is 10.3. The van der Waals surface area contributed by atoms with Gasteiger partial charge in [0.1, 0.15) is 36.5 Å². The van der Waals surface area contributed by atoms with Gasteiger partial charge in [-0.1, -0.05) is 48.6 Å². The summed E-state index contributed by atoms with van der Waals surface area (Å²) in [6.45, 7) is 0. The van der Waals surface area contributed by atoms with Crippen molar-refractivity contribution in [3.63, 3.8) is 0 Å². The molecule has 0 bridgehead atoms. The number of hydrogen-bond donors (Lipinski definition) is 0. The summed E-state index contributed by atoms with van der Waals surface area (Å²) in [5.41, 5.74) is -3.04. The Kier molecular flexibility index (Phi) is 10.1. The molecule has 1 aromatic rings. The third-order valence-corrected chi connectivity index (χ3v) is 8.11. The smallest absolute Gasteiger partial charge is 0.747 e. The number of hydrogen-bond acceptors (Lipinski definition) is 10. The quantitative estimate of drug-likeness (QED) is 0.0947. The Morgan fingerprint density at radius 2 is 1.40 bits per heavy atom. The number of nitro groups is 2. The van der Waals surface area contributed by atoms with Crippen molar-refractivity contribution in [2.75, 3.05) is 0 Å². The molecule has 0 radical (unpaired) electrons. The van der Waals surface area contributed by atoms with Crippen molar-refractivity contribution < 1.29 is 94.9 Å². The van der Waals surface area contributed by atoms with E-state index in [1.165, 1.54) is 18.2 Å². The van der Waals surface area contributed by atoms with Gasteiger partial charge in [0.15, 0.2) is 4.08 Å². The molecular formula is C14H12N2Na2O10S2. The van der Waals surface area contributed by atoms with Gasteiger partial charge in [-0.15, -0.1) is 0 Å². The van der Waals surface area contributed by atoms with Gasteiger partial charge in [0.05, 0.1) is 6.08 Å². The van der Waals surface area contributed by atoms with Crippen molar-refractivity contribution >= 4 is 26.3 Å². The molecule has 30 heavy (non-hydrogen) atoms. The van der Waals surface area contributed by atoms with Crippen LogP contribution in [0.2, 0.25) is 0 Å². The minimum absolute atomic E-state index is 0. The molecule has 152 valence electrons. The fraction of sp³-hybridized carbons (Fsp3) is 0.286. The molecule has 1 aliphatic carbocycles. The fourth-order valence-corrected chi connectivity index (χ4v) is 5.65. The van der Waals surface area contributed by atoms with Crippen molar-refractivity contribution in [2.24, 2.45) is 5.92 Å². The maximum absolute atomic E-state index is 11.9. The Morgan fingerprint density at radius 1 is 0.933 bits per heavy atom. The zero-order chi connectivity index (χ0) is 21.4. The Morgan fingerprint density at radius 3 is 1.80 bits per heavy atom. The summed E-state index contributed by atoms with van der Waals surface area (Å²) >= 11 is 0. The van der Waals surface area contributed by atoms with E-state index in [-0.39, 0.29) is 59.1 Å². The van der Waals surface area contributed by atoms with E-state index in [0.717, 1.165) is 6.08 Å². The molecule has 0 aromatic heterocycles. The van der Waals surface area contributed by atoms with Crippen LogP contribution in [-0.2, 0) is 20.2 Å². The van der Waals surface area contributed by atoms with Crippen LogP contribution in [0, 0.1) is 26.1 Å². The van der Waals surface area contributed by atoms with E-state index >= 15 is 0 Å². The monoisotopic (exact) mass is 478 g/mol. The van der Waals surface area contributed by atoms with Gasteiger partial charge in [-0.25, -0.2) is 16.8 Å². The molecule has 0 saturated carbocycles. The van der Waals surface area contributed by atoms with Crippen molar-refractivity contribution in [2.45, 2.75) is 16.2 Å². The van der Waals surface area contributed by atoms with E-state index in [2.05, 4.69) is 0 Å². The van der Waals surface area contributed by atoms with E-state index in [0.29, 0.717) is 17.7 Å². The number of nitrogens with zero attached hydrogens (tertiary/aromatic N) is 2. The first-order valence-corrected chi connectivity index (χ1v) is 10.2. The van der Waals surface area contributed by atoms with E-state index in [1.54, 1.807) is 18.2 Å². The summed E-state index contributed by atoms with van der Waals surface area (Å²) in [5, 5.41) is 22.5. The standard InChI is InChI=1S/C14H14N2O10S2.2Na/c17-15(18)13(16(19)20)9-8-12(7-6-11-4-2-1-3-5-11)14(10-13,27(21,22)23)28(24,25)26;;/h1-9,12H,10H2,(H,21,22,23)(H,24,25,26);;/q;2*+1/p-2. The molecule has 0 saturated heterocycles. The Balaban J connectivity index is 0.00000420. The Hall–Kier alpha value is -0.680. The molecule has 16 heteroatoms. The zero-order valence-electron chi connectivity index (χ0n) is 15.8. The van der Waals surface area contributed by atoms with Crippen LogP contribution in [-0.4, -0.2) is 45.5 Å². The predicted molar refractivity (Wildman–Crippen MR) is 91.6 cm³/mol. The number of benzene rings is 1. The molecule has 0 N–H and O–H groups in total. The van der Waals surface area contributed by atoms with Gasteiger partial charge in [0, 0.05) is 5.92 Å². The third-order valence-electron chi connectivity index (χ3n) is 4.36. The number of allylic oxidation sites excluding steroid dienone is 2. The molecule has 2 rings (SSSR count). The summed E-state index contributed by atoms with van der Waals surface area (Å²) in [6.07, 6.45) is 0.991. The van der Waals surface area contributed by atoms with Crippen LogP contribution in [0.1, 0.15) is 12.0 Å². The molecule has 0 aliphatic heterocycles. The topological polar surface area (TPSA) is 201 Å². The van der Waals surface area contributed by atoms with Crippen LogP contribution < -0.4 is 59.1 Å².